The van der Waals surface area contributed by atoms with Crippen LogP contribution in [0, 0.1) is 56.2 Å². The summed E-state index contributed by atoms with van der Waals surface area (Å²) in [6.07, 6.45) is 1.90. The van der Waals surface area contributed by atoms with E-state index in [1.165, 1.54) is 39.0 Å². The first-order chi connectivity index (χ1) is 18.2. The lowest BCUT2D eigenvalue weighted by atomic mass is 9.84. The number of carbonyl (C=O) groups is 3. The molecule has 0 radical (unpaired) electrons. The molecule has 0 aromatic rings. The second-order valence-corrected chi connectivity index (χ2v) is 8.62. The molecule has 2 aliphatic heterocycles. The van der Waals surface area contributed by atoms with Crippen LogP contribution in [0.25, 0.3) is 0 Å². The third-order valence-corrected chi connectivity index (χ3v) is 5.63. The van der Waals surface area contributed by atoms with Gasteiger partial charge >= 0.3 is 17.9 Å². The number of nitrogens with zero attached hydrogens (tertiary/aromatic N) is 4. The van der Waals surface area contributed by atoms with Crippen molar-refractivity contribution in [1.82, 2.24) is 10.6 Å². The van der Waals surface area contributed by atoms with E-state index in [-0.39, 0.29) is 25.6 Å². The molecule has 2 heterocycles. The maximum absolute atomic E-state index is 11.2. The average molecular weight is 598 g/mol. The van der Waals surface area contributed by atoms with Gasteiger partial charge in [0.15, 0.2) is 5.41 Å². The summed E-state index contributed by atoms with van der Waals surface area (Å²) >= 11 is 2.94. The zero-order valence-corrected chi connectivity index (χ0v) is 23.9. The Balaban J connectivity index is 0. The van der Waals surface area contributed by atoms with Gasteiger partial charge in [-0.1, -0.05) is 15.9 Å². The fourth-order valence-corrected chi connectivity index (χ4v) is 3.51. The second-order valence-electron chi connectivity index (χ2n) is 8.05. The van der Waals surface area contributed by atoms with E-state index in [1.807, 2.05) is 0 Å². The molecular formula is C25H37BrN6O6. The van der Waals surface area contributed by atoms with E-state index in [2.05, 4.69) is 40.8 Å². The van der Waals surface area contributed by atoms with Crippen molar-refractivity contribution in [2.45, 2.75) is 52.9 Å². The Labute approximate surface area is 233 Å². The maximum Gasteiger partial charge on any atom is 0.316 e. The highest BCUT2D eigenvalue weighted by atomic mass is 79.9. The Morgan fingerprint density at radius 3 is 1.39 bits per heavy atom. The summed E-state index contributed by atoms with van der Waals surface area (Å²) in [7, 11) is 0. The number of esters is 3. The quantitative estimate of drug-likeness (QED) is 0.235. The summed E-state index contributed by atoms with van der Waals surface area (Å²) in [5, 5.41) is 40.2. The molecule has 2 fully saturated rings. The fourth-order valence-electron chi connectivity index (χ4n) is 3.35. The number of halogens is 1. The number of ether oxygens (including phenoxy) is 3. The lowest BCUT2D eigenvalue weighted by Gasteiger charge is -2.18. The molecule has 12 nitrogen and oxygen atoms in total. The smallest absolute Gasteiger partial charge is 0.316 e. The van der Waals surface area contributed by atoms with E-state index in [1.54, 1.807) is 45.0 Å². The lowest BCUT2D eigenvalue weighted by Crippen LogP contribution is -2.26. The van der Waals surface area contributed by atoms with Crippen LogP contribution in [0.3, 0.4) is 0 Å². The van der Waals surface area contributed by atoms with Crippen LogP contribution < -0.4 is 10.6 Å². The van der Waals surface area contributed by atoms with Crippen LogP contribution in [-0.4, -0.2) is 69.2 Å². The van der Waals surface area contributed by atoms with Gasteiger partial charge in [0, 0.05) is 13.1 Å². The molecule has 0 aliphatic carbocycles. The number of carbonyl (C=O) groups excluding carboxylic acids is 3. The minimum absolute atomic E-state index is 0. The van der Waals surface area contributed by atoms with Gasteiger partial charge < -0.3 is 24.8 Å². The molecule has 1 spiro atoms. The number of hydrogen-bond donors (Lipinski definition) is 2. The van der Waals surface area contributed by atoms with Gasteiger partial charge in [0.05, 0.1) is 56.9 Å². The average Bonchev–Trinajstić information content (AvgIpc) is 3.57. The minimum Gasteiger partial charge on any atom is -0.466 e. The maximum atomic E-state index is 11.2. The lowest BCUT2D eigenvalue weighted by molar-refractivity contribution is -0.147. The number of alkyl halides is 1. The molecule has 0 unspecified atom stereocenters. The summed E-state index contributed by atoms with van der Waals surface area (Å²) < 4.78 is 13.8. The van der Waals surface area contributed by atoms with Crippen LogP contribution >= 0.6 is 15.9 Å². The van der Waals surface area contributed by atoms with E-state index in [0.29, 0.717) is 17.4 Å². The summed E-state index contributed by atoms with van der Waals surface area (Å²) in [6, 6.07) is 6.67. The van der Waals surface area contributed by atoms with Gasteiger partial charge in [0.25, 0.3) is 0 Å². The summed E-state index contributed by atoms with van der Waals surface area (Å²) in [6.45, 7) is 10.8. The van der Waals surface area contributed by atoms with Crippen LogP contribution in [0.1, 0.15) is 52.9 Å². The molecule has 2 rings (SSSR count). The molecule has 0 aromatic heterocycles. The molecule has 2 saturated heterocycles. The fraction of sp³-hybridized carbons (Fsp3) is 0.720. The topological polar surface area (TPSA) is 198 Å². The zero-order valence-electron chi connectivity index (χ0n) is 22.3. The normalized spacial score (nSPS) is 14.1. The molecule has 2 N–H and O–H groups in total. The zero-order chi connectivity index (χ0) is 29.3. The number of rotatable bonds is 8. The predicted molar refractivity (Wildman–Crippen MR) is 140 cm³/mol. The predicted octanol–water partition coefficient (Wildman–Crippen LogP) is 2.25. The minimum atomic E-state index is -1.71. The molecule has 0 amide bonds. The van der Waals surface area contributed by atoms with Gasteiger partial charge in [-0.2, -0.15) is 21.0 Å². The molecule has 0 saturated carbocycles. The van der Waals surface area contributed by atoms with Crippen LogP contribution in [0.2, 0.25) is 0 Å². The number of nitrogens with one attached hydrogen (secondary N) is 2. The largest absolute Gasteiger partial charge is 0.466 e. The highest BCUT2D eigenvalue weighted by Gasteiger charge is 2.37. The van der Waals surface area contributed by atoms with E-state index < -0.39 is 30.2 Å². The Hall–Kier alpha value is -3.23. The molecule has 0 bridgehead atoms. The van der Waals surface area contributed by atoms with Crippen molar-refractivity contribution < 1.29 is 28.6 Å². The first-order valence-corrected chi connectivity index (χ1v) is 13.3. The van der Waals surface area contributed by atoms with E-state index in [0.717, 1.165) is 0 Å². The van der Waals surface area contributed by atoms with Crippen molar-refractivity contribution >= 4 is 33.8 Å². The van der Waals surface area contributed by atoms with Gasteiger partial charge in [-0.25, -0.2) is 0 Å². The molecule has 2 aliphatic rings. The van der Waals surface area contributed by atoms with Gasteiger partial charge in [-0.3, -0.25) is 14.4 Å². The van der Waals surface area contributed by atoms with Crippen LogP contribution in [0.5, 0.6) is 0 Å². The van der Waals surface area contributed by atoms with Crippen LogP contribution in [-0.2, 0) is 28.6 Å². The SMILES string of the molecule is C1CC2(CCNC2)CN1.CCOC(=O)CBr.CCOC(=O)CC(C#N)(C#N)CC(=O)OCC.N#CCC#N. The first kappa shape index (κ1) is 36.9. The van der Waals surface area contributed by atoms with Gasteiger partial charge in [-0.05, 0) is 52.1 Å². The van der Waals surface area contributed by atoms with Gasteiger partial charge in [-0.15, -0.1) is 0 Å². The van der Waals surface area contributed by atoms with Crippen molar-refractivity contribution in [3.05, 3.63) is 0 Å². The molecule has 13 heteroatoms. The van der Waals surface area contributed by atoms with Crippen molar-refractivity contribution in [3.8, 4) is 24.3 Å². The molecule has 210 valence electrons. The van der Waals surface area contributed by atoms with Crippen molar-refractivity contribution in [2.75, 3.05) is 51.3 Å². The van der Waals surface area contributed by atoms with Crippen LogP contribution in [0.15, 0.2) is 0 Å². The van der Waals surface area contributed by atoms with Gasteiger partial charge in [0.2, 0.25) is 0 Å². The highest BCUT2D eigenvalue weighted by molar-refractivity contribution is 9.09. The van der Waals surface area contributed by atoms with E-state index in [9.17, 15) is 14.4 Å². The van der Waals surface area contributed by atoms with Crippen molar-refractivity contribution in [3.63, 3.8) is 0 Å². The third kappa shape index (κ3) is 17.3. The van der Waals surface area contributed by atoms with Crippen molar-refractivity contribution in [1.29, 1.82) is 21.0 Å². The molecule has 38 heavy (non-hydrogen) atoms. The second kappa shape index (κ2) is 22.9. The van der Waals surface area contributed by atoms with Crippen LogP contribution in [0.4, 0.5) is 0 Å². The number of hydrogen-bond acceptors (Lipinski definition) is 12. The molecular weight excluding hydrogens is 560 g/mol. The number of nitriles is 4. The molecule has 0 aromatic carbocycles. The summed E-state index contributed by atoms with van der Waals surface area (Å²) in [5.41, 5.74) is -1.04. The molecule has 0 atom stereocenters. The Morgan fingerprint density at radius 1 is 0.789 bits per heavy atom. The summed E-state index contributed by atoms with van der Waals surface area (Å²) in [5.74, 6) is -1.57. The third-order valence-electron chi connectivity index (χ3n) is 5.17. The Morgan fingerprint density at radius 2 is 1.18 bits per heavy atom. The van der Waals surface area contributed by atoms with Gasteiger partial charge in [0.1, 0.15) is 11.8 Å². The standard InChI is InChI=1S/C11H14N2O4.C7H14N2.C4H7BrO2.C3H2N2/c1-3-16-9(14)5-11(7-12,8-13)6-10(15)17-4-2;1-3-8-5-7(1)2-4-9-6-7;1-2-7-4(6)3-5;4-2-1-3-5/h3-6H2,1-2H3;8-9H,1-6H2;2-3H2,1H3;1H2. The monoisotopic (exact) mass is 596 g/mol. The Kier molecular flexibility index (Phi) is 22.3. The highest BCUT2D eigenvalue weighted by Crippen LogP contribution is 2.31. The first-order valence-electron chi connectivity index (χ1n) is 12.2. The van der Waals surface area contributed by atoms with Crippen molar-refractivity contribution in [2.24, 2.45) is 10.8 Å². The Bertz CT molecular complexity index is 809. The van der Waals surface area contributed by atoms with E-state index >= 15 is 0 Å². The van der Waals surface area contributed by atoms with E-state index in [4.69, 9.17) is 21.0 Å². The summed E-state index contributed by atoms with van der Waals surface area (Å²) in [4.78, 5) is 32.6.